The Hall–Kier alpha value is -1.02. The SMILES string of the molecule is CNC(c1cccc2c1OCC2)C1(C)CCCC1. The van der Waals surface area contributed by atoms with E-state index in [1.165, 1.54) is 36.8 Å². The van der Waals surface area contributed by atoms with Crippen molar-refractivity contribution in [3.63, 3.8) is 0 Å². The molecule has 1 N–H and O–H groups in total. The molecule has 2 aliphatic rings. The van der Waals surface area contributed by atoms with E-state index in [-0.39, 0.29) is 0 Å². The van der Waals surface area contributed by atoms with Crippen molar-refractivity contribution >= 4 is 0 Å². The van der Waals surface area contributed by atoms with Crippen molar-refractivity contribution in [2.24, 2.45) is 5.41 Å². The van der Waals surface area contributed by atoms with Crippen LogP contribution in [0.4, 0.5) is 0 Å². The van der Waals surface area contributed by atoms with Crippen molar-refractivity contribution in [2.45, 2.75) is 45.1 Å². The van der Waals surface area contributed by atoms with Crippen LogP contribution in [0.5, 0.6) is 5.75 Å². The van der Waals surface area contributed by atoms with E-state index in [1.54, 1.807) is 0 Å². The highest BCUT2D eigenvalue weighted by atomic mass is 16.5. The zero-order valence-corrected chi connectivity index (χ0v) is 11.5. The van der Waals surface area contributed by atoms with Crippen molar-refractivity contribution in [3.8, 4) is 5.75 Å². The second-order valence-electron chi connectivity index (χ2n) is 6.02. The molecule has 1 aliphatic carbocycles. The summed E-state index contributed by atoms with van der Waals surface area (Å²) in [6.45, 7) is 3.27. The minimum atomic E-state index is 0.385. The Morgan fingerprint density at radius 2 is 2.06 bits per heavy atom. The maximum atomic E-state index is 5.88. The third kappa shape index (κ3) is 1.83. The highest BCUT2D eigenvalue weighted by Crippen LogP contribution is 2.49. The average molecular weight is 245 g/mol. The van der Waals surface area contributed by atoms with Gasteiger partial charge in [0, 0.05) is 18.0 Å². The fourth-order valence-electron chi connectivity index (χ4n) is 3.82. The van der Waals surface area contributed by atoms with Crippen LogP contribution in [0.15, 0.2) is 18.2 Å². The molecule has 1 atom stereocenters. The summed E-state index contributed by atoms with van der Waals surface area (Å²) in [6, 6.07) is 7.06. The van der Waals surface area contributed by atoms with Gasteiger partial charge in [-0.15, -0.1) is 0 Å². The van der Waals surface area contributed by atoms with E-state index in [2.05, 4.69) is 37.5 Å². The predicted octanol–water partition coefficient (Wildman–Crippen LogP) is 3.46. The maximum Gasteiger partial charge on any atom is 0.127 e. The fraction of sp³-hybridized carbons (Fsp3) is 0.625. The molecule has 0 bridgehead atoms. The van der Waals surface area contributed by atoms with Gasteiger partial charge in [-0.25, -0.2) is 0 Å². The third-order valence-electron chi connectivity index (χ3n) is 4.79. The van der Waals surface area contributed by atoms with Crippen LogP contribution in [-0.4, -0.2) is 13.7 Å². The number of fused-ring (bicyclic) bond motifs is 1. The molecule has 1 aromatic carbocycles. The van der Waals surface area contributed by atoms with Crippen LogP contribution in [-0.2, 0) is 6.42 Å². The quantitative estimate of drug-likeness (QED) is 0.880. The van der Waals surface area contributed by atoms with Crippen molar-refractivity contribution < 1.29 is 4.74 Å². The zero-order chi connectivity index (χ0) is 12.6. The first-order valence-electron chi connectivity index (χ1n) is 7.16. The summed E-state index contributed by atoms with van der Waals surface area (Å²) < 4.78 is 5.88. The van der Waals surface area contributed by atoms with Crippen LogP contribution in [0.25, 0.3) is 0 Å². The van der Waals surface area contributed by atoms with E-state index in [0.717, 1.165) is 18.8 Å². The largest absolute Gasteiger partial charge is 0.493 e. The van der Waals surface area contributed by atoms with Gasteiger partial charge in [-0.3, -0.25) is 0 Å². The van der Waals surface area contributed by atoms with E-state index in [9.17, 15) is 0 Å². The third-order valence-corrected chi connectivity index (χ3v) is 4.79. The van der Waals surface area contributed by atoms with Gasteiger partial charge in [0.2, 0.25) is 0 Å². The lowest BCUT2D eigenvalue weighted by atomic mass is 9.76. The first-order chi connectivity index (χ1) is 8.74. The topological polar surface area (TPSA) is 21.3 Å². The molecular formula is C16H23NO. The van der Waals surface area contributed by atoms with Gasteiger partial charge in [0.05, 0.1) is 6.61 Å². The highest BCUT2D eigenvalue weighted by molar-refractivity contribution is 5.46. The Bertz CT molecular complexity index is 435. The smallest absolute Gasteiger partial charge is 0.127 e. The number of benzene rings is 1. The average Bonchev–Trinajstić information content (AvgIpc) is 2.99. The summed E-state index contributed by atoms with van der Waals surface area (Å²) >= 11 is 0. The Kier molecular flexibility index (Phi) is 3.06. The van der Waals surface area contributed by atoms with E-state index < -0.39 is 0 Å². The maximum absolute atomic E-state index is 5.88. The van der Waals surface area contributed by atoms with Crippen molar-refractivity contribution in [3.05, 3.63) is 29.3 Å². The predicted molar refractivity (Wildman–Crippen MR) is 74.0 cm³/mol. The summed E-state index contributed by atoms with van der Waals surface area (Å²) in [5.74, 6) is 1.16. The monoisotopic (exact) mass is 245 g/mol. The lowest BCUT2D eigenvalue weighted by Crippen LogP contribution is -2.32. The van der Waals surface area contributed by atoms with E-state index >= 15 is 0 Å². The molecule has 18 heavy (non-hydrogen) atoms. The molecule has 1 aromatic rings. The molecule has 0 amide bonds. The molecule has 3 rings (SSSR count). The standard InChI is InChI=1S/C16H23NO/c1-16(9-3-4-10-16)15(17-2)13-7-5-6-12-8-11-18-14(12)13/h5-7,15,17H,3-4,8-11H2,1-2H3. The Morgan fingerprint density at radius 1 is 1.28 bits per heavy atom. The Morgan fingerprint density at radius 3 is 2.78 bits per heavy atom. The molecule has 98 valence electrons. The summed E-state index contributed by atoms with van der Waals surface area (Å²) in [5, 5.41) is 3.55. The molecule has 0 spiro atoms. The summed E-state index contributed by atoms with van der Waals surface area (Å²) in [5.41, 5.74) is 3.14. The van der Waals surface area contributed by atoms with Gasteiger partial charge in [-0.1, -0.05) is 38.0 Å². The van der Waals surface area contributed by atoms with E-state index in [4.69, 9.17) is 4.74 Å². The van der Waals surface area contributed by atoms with Gasteiger partial charge < -0.3 is 10.1 Å². The van der Waals surface area contributed by atoms with Crippen molar-refractivity contribution in [2.75, 3.05) is 13.7 Å². The van der Waals surface area contributed by atoms with Gasteiger partial charge >= 0.3 is 0 Å². The first kappa shape index (κ1) is 12.0. The molecule has 1 saturated carbocycles. The molecular weight excluding hydrogens is 222 g/mol. The highest BCUT2D eigenvalue weighted by Gasteiger charge is 2.39. The zero-order valence-electron chi connectivity index (χ0n) is 11.5. The van der Waals surface area contributed by atoms with Gasteiger partial charge in [0.1, 0.15) is 5.75 Å². The van der Waals surface area contributed by atoms with E-state index in [0.29, 0.717) is 11.5 Å². The normalized spacial score (nSPS) is 22.6. The lowest BCUT2D eigenvalue weighted by Gasteiger charge is -2.35. The molecule has 0 saturated heterocycles. The van der Waals surface area contributed by atoms with E-state index in [1.807, 2.05) is 0 Å². The second kappa shape index (κ2) is 4.58. The van der Waals surface area contributed by atoms with Gasteiger partial charge in [-0.2, -0.15) is 0 Å². The van der Waals surface area contributed by atoms with Crippen molar-refractivity contribution in [1.82, 2.24) is 5.32 Å². The second-order valence-corrected chi connectivity index (χ2v) is 6.02. The summed E-state index contributed by atoms with van der Waals surface area (Å²) in [6.07, 6.45) is 6.44. The molecule has 0 aromatic heterocycles. The van der Waals surface area contributed by atoms with Crippen LogP contribution >= 0.6 is 0 Å². The molecule has 0 radical (unpaired) electrons. The van der Waals surface area contributed by atoms with Crippen LogP contribution in [0.1, 0.15) is 49.8 Å². The first-order valence-corrected chi connectivity index (χ1v) is 7.16. The Balaban J connectivity index is 1.99. The number of hydrogen-bond acceptors (Lipinski definition) is 2. The van der Waals surface area contributed by atoms with Crippen LogP contribution in [0, 0.1) is 5.41 Å². The Labute approximate surface area is 110 Å². The van der Waals surface area contributed by atoms with Gasteiger partial charge in [-0.05, 0) is 30.9 Å². The molecule has 1 heterocycles. The minimum Gasteiger partial charge on any atom is -0.493 e. The van der Waals surface area contributed by atoms with Gasteiger partial charge in [0.25, 0.3) is 0 Å². The fourth-order valence-corrected chi connectivity index (χ4v) is 3.82. The number of ether oxygens (including phenoxy) is 1. The van der Waals surface area contributed by atoms with Crippen LogP contribution < -0.4 is 10.1 Å². The molecule has 2 heteroatoms. The van der Waals surface area contributed by atoms with Crippen LogP contribution in [0.3, 0.4) is 0 Å². The summed E-state index contributed by atoms with van der Waals surface area (Å²) in [4.78, 5) is 0. The number of para-hydroxylation sites is 1. The minimum absolute atomic E-state index is 0.385. The summed E-state index contributed by atoms with van der Waals surface area (Å²) in [7, 11) is 2.09. The van der Waals surface area contributed by atoms with Crippen molar-refractivity contribution in [1.29, 1.82) is 0 Å². The van der Waals surface area contributed by atoms with Gasteiger partial charge in [0.15, 0.2) is 0 Å². The molecule has 1 unspecified atom stereocenters. The molecule has 2 nitrogen and oxygen atoms in total. The molecule has 1 fully saturated rings. The lowest BCUT2D eigenvalue weighted by molar-refractivity contribution is 0.227. The number of nitrogens with one attached hydrogen (secondary N) is 1. The number of hydrogen-bond donors (Lipinski definition) is 1. The van der Waals surface area contributed by atoms with Crippen LogP contribution in [0.2, 0.25) is 0 Å². The number of rotatable bonds is 3. The molecule has 1 aliphatic heterocycles.